The average molecular weight is 339 g/mol. The van der Waals surface area contributed by atoms with Gasteiger partial charge in [0, 0.05) is 29.2 Å². The summed E-state index contributed by atoms with van der Waals surface area (Å²) < 4.78 is 1.04. The lowest BCUT2D eigenvalue weighted by atomic mass is 10.0. The first-order chi connectivity index (χ1) is 9.60. The molecule has 0 saturated carbocycles. The summed E-state index contributed by atoms with van der Waals surface area (Å²) >= 11 is 3.46. The molecule has 0 atom stereocenters. The molecule has 2 rings (SSSR count). The van der Waals surface area contributed by atoms with Crippen LogP contribution in [0.2, 0.25) is 0 Å². The van der Waals surface area contributed by atoms with Crippen LogP contribution < -0.4 is 5.32 Å². The molecule has 1 aromatic rings. The van der Waals surface area contributed by atoms with Crippen molar-refractivity contribution in [2.75, 3.05) is 19.6 Å². The Morgan fingerprint density at radius 2 is 2.10 bits per heavy atom. The number of aryl methyl sites for hydroxylation is 1. The van der Waals surface area contributed by atoms with Crippen molar-refractivity contribution in [2.45, 2.75) is 39.2 Å². The van der Waals surface area contributed by atoms with E-state index in [2.05, 4.69) is 33.1 Å². The summed E-state index contributed by atoms with van der Waals surface area (Å²) in [5.41, 5.74) is 1.84. The van der Waals surface area contributed by atoms with Crippen molar-refractivity contribution in [1.82, 2.24) is 10.2 Å². The monoisotopic (exact) mass is 338 g/mol. The fourth-order valence-electron chi connectivity index (χ4n) is 2.67. The van der Waals surface area contributed by atoms with Crippen molar-refractivity contribution in [3.63, 3.8) is 0 Å². The second kappa shape index (κ2) is 7.23. The molecule has 20 heavy (non-hydrogen) atoms. The Morgan fingerprint density at radius 3 is 2.70 bits per heavy atom. The Morgan fingerprint density at radius 1 is 1.40 bits per heavy atom. The number of benzene rings is 1. The van der Waals surface area contributed by atoms with E-state index < -0.39 is 0 Å². The van der Waals surface area contributed by atoms with Crippen molar-refractivity contribution >= 4 is 21.8 Å². The first-order valence-electron chi connectivity index (χ1n) is 7.39. The minimum atomic E-state index is 0.0505. The summed E-state index contributed by atoms with van der Waals surface area (Å²) in [4.78, 5) is 14.7. The van der Waals surface area contributed by atoms with Crippen LogP contribution in [0.25, 0.3) is 0 Å². The highest BCUT2D eigenvalue weighted by atomic mass is 79.9. The molecule has 0 spiro atoms. The maximum atomic E-state index is 12.2. The second-order valence-corrected chi connectivity index (χ2v) is 6.41. The molecule has 110 valence electrons. The minimum absolute atomic E-state index is 0.0505. The quantitative estimate of drug-likeness (QED) is 0.912. The van der Waals surface area contributed by atoms with Gasteiger partial charge in [0.2, 0.25) is 0 Å². The summed E-state index contributed by atoms with van der Waals surface area (Å²) in [6, 6.07) is 6.07. The van der Waals surface area contributed by atoms with Crippen molar-refractivity contribution in [2.24, 2.45) is 0 Å². The number of carbonyl (C=O) groups excluding carboxylic acids is 1. The van der Waals surface area contributed by atoms with E-state index >= 15 is 0 Å². The maximum absolute atomic E-state index is 12.2. The lowest BCUT2D eigenvalue weighted by molar-refractivity contribution is 0.0911. The van der Waals surface area contributed by atoms with E-state index in [1.165, 1.54) is 13.0 Å². The highest BCUT2D eigenvalue weighted by molar-refractivity contribution is 9.10. The van der Waals surface area contributed by atoms with E-state index in [1.807, 2.05) is 25.1 Å². The Kier molecular flexibility index (Phi) is 5.61. The van der Waals surface area contributed by atoms with Crippen molar-refractivity contribution in [3.8, 4) is 0 Å². The lowest BCUT2D eigenvalue weighted by Crippen LogP contribution is -2.44. The molecule has 1 fully saturated rings. The molecular formula is C16H23BrN2O. The highest BCUT2D eigenvalue weighted by Crippen LogP contribution is 2.18. The van der Waals surface area contributed by atoms with Gasteiger partial charge in [-0.25, -0.2) is 0 Å². The summed E-state index contributed by atoms with van der Waals surface area (Å²) in [5.74, 6) is 0.0505. The topological polar surface area (TPSA) is 32.3 Å². The summed E-state index contributed by atoms with van der Waals surface area (Å²) in [5, 5.41) is 3.16. The van der Waals surface area contributed by atoms with Crippen LogP contribution in [0.1, 0.15) is 42.1 Å². The van der Waals surface area contributed by atoms with Crippen LogP contribution in [-0.2, 0) is 0 Å². The average Bonchev–Trinajstić information content (AvgIpc) is 2.44. The fraction of sp³-hybridized carbons (Fsp3) is 0.562. The van der Waals surface area contributed by atoms with Crippen molar-refractivity contribution in [3.05, 3.63) is 33.8 Å². The fourth-order valence-corrected chi connectivity index (χ4v) is 2.92. The zero-order valence-corrected chi connectivity index (χ0v) is 13.9. The zero-order valence-electron chi connectivity index (χ0n) is 12.3. The molecule has 1 aliphatic rings. The number of likely N-dealkylation sites (tertiary alicyclic amines) is 1. The normalized spacial score (nSPS) is 17.1. The van der Waals surface area contributed by atoms with E-state index in [4.69, 9.17) is 0 Å². The minimum Gasteiger partial charge on any atom is -0.349 e. The van der Waals surface area contributed by atoms with Gasteiger partial charge in [-0.1, -0.05) is 22.9 Å². The standard InChI is InChI=1S/C16H23BrN2O/c1-3-8-19-9-6-14(7-10-19)18-16(20)13-4-5-15(17)12(2)11-13/h4-5,11,14H,3,6-10H2,1-2H3,(H,18,20). The number of piperidine rings is 1. The van der Waals surface area contributed by atoms with Crippen molar-refractivity contribution in [1.29, 1.82) is 0 Å². The van der Waals surface area contributed by atoms with Crippen molar-refractivity contribution < 1.29 is 4.79 Å². The van der Waals surface area contributed by atoms with Crippen LogP contribution in [0, 0.1) is 6.92 Å². The van der Waals surface area contributed by atoms with Gasteiger partial charge in [0.25, 0.3) is 5.91 Å². The van der Waals surface area contributed by atoms with Gasteiger partial charge < -0.3 is 10.2 Å². The van der Waals surface area contributed by atoms with Crippen LogP contribution in [0.5, 0.6) is 0 Å². The first kappa shape index (κ1) is 15.5. The van der Waals surface area contributed by atoms with E-state index in [0.29, 0.717) is 6.04 Å². The van der Waals surface area contributed by atoms with Gasteiger partial charge in [-0.15, -0.1) is 0 Å². The largest absolute Gasteiger partial charge is 0.349 e. The number of rotatable bonds is 4. The van der Waals surface area contributed by atoms with Crippen LogP contribution in [0.4, 0.5) is 0 Å². The predicted molar refractivity (Wildman–Crippen MR) is 86.1 cm³/mol. The van der Waals surface area contributed by atoms with E-state index in [1.54, 1.807) is 0 Å². The van der Waals surface area contributed by atoms with Gasteiger partial charge in [-0.3, -0.25) is 4.79 Å². The van der Waals surface area contributed by atoms with E-state index in [0.717, 1.165) is 41.5 Å². The second-order valence-electron chi connectivity index (χ2n) is 5.55. The van der Waals surface area contributed by atoms with Crippen LogP contribution >= 0.6 is 15.9 Å². The summed E-state index contributed by atoms with van der Waals surface area (Å²) in [7, 11) is 0. The van der Waals surface area contributed by atoms with Crippen LogP contribution in [-0.4, -0.2) is 36.5 Å². The molecule has 1 aliphatic heterocycles. The number of carbonyl (C=O) groups is 1. The molecule has 1 amide bonds. The molecule has 4 heteroatoms. The smallest absolute Gasteiger partial charge is 0.251 e. The maximum Gasteiger partial charge on any atom is 0.251 e. The number of nitrogens with one attached hydrogen (secondary N) is 1. The molecule has 0 aromatic heterocycles. The number of nitrogens with zero attached hydrogens (tertiary/aromatic N) is 1. The molecule has 1 heterocycles. The van der Waals surface area contributed by atoms with Gasteiger partial charge in [-0.05, 0) is 56.5 Å². The summed E-state index contributed by atoms with van der Waals surface area (Å²) in [6.07, 6.45) is 3.32. The summed E-state index contributed by atoms with van der Waals surface area (Å²) in [6.45, 7) is 7.58. The number of hydrogen-bond donors (Lipinski definition) is 1. The predicted octanol–water partition coefficient (Wildman–Crippen LogP) is 3.36. The molecule has 0 aliphatic carbocycles. The molecule has 0 unspecified atom stereocenters. The highest BCUT2D eigenvalue weighted by Gasteiger charge is 2.20. The Balaban J connectivity index is 1.87. The number of hydrogen-bond acceptors (Lipinski definition) is 2. The molecule has 1 N–H and O–H groups in total. The molecule has 1 saturated heterocycles. The van der Waals surface area contributed by atoms with Gasteiger partial charge in [0.15, 0.2) is 0 Å². The van der Waals surface area contributed by atoms with E-state index in [-0.39, 0.29) is 5.91 Å². The molecule has 0 bridgehead atoms. The molecule has 3 nitrogen and oxygen atoms in total. The third-order valence-electron chi connectivity index (χ3n) is 3.88. The number of amides is 1. The SMILES string of the molecule is CCCN1CCC(NC(=O)c2ccc(Br)c(C)c2)CC1. The van der Waals surface area contributed by atoms with E-state index in [9.17, 15) is 4.79 Å². The third kappa shape index (κ3) is 4.06. The van der Waals surface area contributed by atoms with Crippen LogP contribution in [0.15, 0.2) is 22.7 Å². The Hall–Kier alpha value is -0.870. The van der Waals surface area contributed by atoms with Gasteiger partial charge in [-0.2, -0.15) is 0 Å². The van der Waals surface area contributed by atoms with Gasteiger partial charge >= 0.3 is 0 Å². The Bertz CT molecular complexity index is 468. The van der Waals surface area contributed by atoms with Gasteiger partial charge in [0.05, 0.1) is 0 Å². The first-order valence-corrected chi connectivity index (χ1v) is 8.19. The zero-order chi connectivity index (χ0) is 14.5. The molecule has 0 radical (unpaired) electrons. The Labute approximate surface area is 129 Å². The lowest BCUT2D eigenvalue weighted by Gasteiger charge is -2.32. The molecule has 1 aromatic carbocycles. The number of halogens is 1. The van der Waals surface area contributed by atoms with Gasteiger partial charge in [0.1, 0.15) is 0 Å². The van der Waals surface area contributed by atoms with Crippen LogP contribution in [0.3, 0.4) is 0 Å². The third-order valence-corrected chi connectivity index (χ3v) is 4.77. The molecular weight excluding hydrogens is 316 g/mol.